The van der Waals surface area contributed by atoms with Crippen molar-refractivity contribution in [3.8, 4) is 0 Å². The molecule has 4 rings (SSSR count). The predicted molar refractivity (Wildman–Crippen MR) is 159 cm³/mol. The molecule has 14 nitrogen and oxygen atoms in total. The van der Waals surface area contributed by atoms with E-state index < -0.39 is 85.5 Å². The van der Waals surface area contributed by atoms with Crippen LogP contribution in [0.5, 0.6) is 0 Å². The van der Waals surface area contributed by atoms with Gasteiger partial charge in [0.05, 0.1) is 11.4 Å². The summed E-state index contributed by atoms with van der Waals surface area (Å²) in [5.74, 6) is -4.01. The van der Waals surface area contributed by atoms with Gasteiger partial charge in [0.15, 0.2) is 0 Å². The zero-order valence-corrected chi connectivity index (χ0v) is 26.3. The number of rotatable bonds is 12. The second-order valence-electron chi connectivity index (χ2n) is 11.4. The van der Waals surface area contributed by atoms with Crippen molar-refractivity contribution in [1.29, 1.82) is 0 Å². The van der Waals surface area contributed by atoms with Gasteiger partial charge in [-0.05, 0) is 49.3 Å². The molecule has 0 radical (unpaired) electrons. The average Bonchev–Trinajstić information content (AvgIpc) is 3.59. The highest BCUT2D eigenvalue weighted by Gasteiger charge is 2.50. The summed E-state index contributed by atoms with van der Waals surface area (Å²) in [4.78, 5) is 84.4. The van der Waals surface area contributed by atoms with E-state index in [0.717, 1.165) is 29.5 Å². The summed E-state index contributed by atoms with van der Waals surface area (Å²) in [7, 11) is -5.86. The average molecular weight is 709 g/mol. The van der Waals surface area contributed by atoms with Crippen LogP contribution in [-0.2, 0) is 29.4 Å². The topological polar surface area (TPSA) is 225 Å². The van der Waals surface area contributed by atoms with Gasteiger partial charge < -0.3 is 36.8 Å². The summed E-state index contributed by atoms with van der Waals surface area (Å²) in [6.45, 7) is -0.949. The molecule has 0 spiro atoms. The Hall–Kier alpha value is -3.64. The molecule has 0 bridgehead atoms. The number of carbonyl (C=O) groups excluding carboxylic acids is 5. The van der Waals surface area contributed by atoms with Gasteiger partial charge in [-0.2, -0.15) is 8.78 Å². The minimum atomic E-state index is -5.86. The van der Waals surface area contributed by atoms with Gasteiger partial charge >= 0.3 is 13.3 Å². The number of hydrogen-bond acceptors (Lipinski definition) is 8. The lowest BCUT2D eigenvalue weighted by Gasteiger charge is -2.38. The van der Waals surface area contributed by atoms with Gasteiger partial charge in [-0.25, -0.2) is 8.78 Å². The maximum Gasteiger partial charge on any atom is 0.399 e. The Kier molecular flexibility index (Phi) is 11.0. The smallest absolute Gasteiger partial charge is 0.370 e. The van der Waals surface area contributed by atoms with Crippen molar-refractivity contribution in [2.24, 2.45) is 11.5 Å². The number of benzene rings is 1. The maximum absolute atomic E-state index is 14.3. The third-order valence-corrected chi connectivity index (χ3v) is 10.2. The van der Waals surface area contributed by atoms with Crippen LogP contribution in [0.2, 0.25) is 0 Å². The molecule has 1 aromatic heterocycles. The van der Waals surface area contributed by atoms with E-state index in [0.29, 0.717) is 11.1 Å². The number of fused-ring (bicyclic) bond motifs is 2. The summed E-state index contributed by atoms with van der Waals surface area (Å²) < 4.78 is 67.0. The maximum atomic E-state index is 14.3. The Balaban J connectivity index is 1.59. The molecule has 2 fully saturated rings. The van der Waals surface area contributed by atoms with E-state index in [1.54, 1.807) is 0 Å². The van der Waals surface area contributed by atoms with Gasteiger partial charge in [-0.15, -0.1) is 11.3 Å². The Morgan fingerprint density at radius 1 is 1.11 bits per heavy atom. The lowest BCUT2D eigenvalue weighted by atomic mass is 10.1. The van der Waals surface area contributed by atoms with Crippen molar-refractivity contribution in [3.63, 3.8) is 0 Å². The van der Waals surface area contributed by atoms with E-state index in [9.17, 15) is 46.1 Å². The molecule has 258 valence electrons. The van der Waals surface area contributed by atoms with Crippen molar-refractivity contribution in [2.75, 3.05) is 19.6 Å². The third kappa shape index (κ3) is 8.27. The predicted octanol–water partition coefficient (Wildman–Crippen LogP) is 0.793. The summed E-state index contributed by atoms with van der Waals surface area (Å²) in [5, 5.41) is 5.02. The van der Waals surface area contributed by atoms with Crippen molar-refractivity contribution >= 4 is 58.6 Å². The van der Waals surface area contributed by atoms with E-state index >= 15 is 0 Å². The Morgan fingerprint density at radius 2 is 1.81 bits per heavy atom. The lowest BCUT2D eigenvalue weighted by Crippen LogP contribution is -2.61. The fraction of sp³-hybridized carbons (Fsp3) is 0.519. The number of nitrogens with two attached hydrogens (primary N) is 2. The fourth-order valence-electron chi connectivity index (χ4n) is 5.74. The molecule has 2 aliphatic heterocycles. The quantitative estimate of drug-likeness (QED) is 0.135. The minimum absolute atomic E-state index is 0.0609. The van der Waals surface area contributed by atoms with Crippen LogP contribution in [-0.4, -0.2) is 99.3 Å². The first kappa shape index (κ1) is 36.2. The number of alkyl halides is 4. The SMILES string of the molecule is NC(=O)CC[C@H](NC(=O)[C@@H]1CC[C@@H]2CCN(CC(F)F)C[C@H](NC(=O)c3cc4cc(C(F)(F)P(=O)(O)O)ccc4s3)C(=O)N21)C(N)=O. The van der Waals surface area contributed by atoms with Crippen molar-refractivity contribution in [1.82, 2.24) is 20.4 Å². The molecule has 2 aliphatic rings. The zero-order valence-electron chi connectivity index (χ0n) is 24.6. The summed E-state index contributed by atoms with van der Waals surface area (Å²) in [6, 6.07) is -0.392. The number of halogens is 4. The number of thiophene rings is 1. The van der Waals surface area contributed by atoms with Crippen LogP contribution in [0.3, 0.4) is 0 Å². The lowest BCUT2D eigenvalue weighted by molar-refractivity contribution is -0.144. The van der Waals surface area contributed by atoms with Gasteiger partial charge in [0.25, 0.3) is 12.3 Å². The number of amides is 5. The Labute approximate surface area is 268 Å². The molecule has 8 N–H and O–H groups in total. The first-order valence-electron chi connectivity index (χ1n) is 14.4. The zero-order chi connectivity index (χ0) is 34.8. The first-order valence-corrected chi connectivity index (χ1v) is 16.8. The molecule has 4 atom stereocenters. The molecule has 2 aromatic rings. The number of carbonyl (C=O) groups is 5. The normalized spacial score (nSPS) is 21.6. The van der Waals surface area contributed by atoms with Gasteiger partial charge in [0.1, 0.15) is 18.1 Å². The molecule has 2 saturated heterocycles. The van der Waals surface area contributed by atoms with Crippen LogP contribution >= 0.6 is 18.9 Å². The molecule has 1 aromatic carbocycles. The van der Waals surface area contributed by atoms with Gasteiger partial charge in [-0.3, -0.25) is 33.4 Å². The van der Waals surface area contributed by atoms with Crippen LogP contribution in [0.15, 0.2) is 24.3 Å². The highest BCUT2D eigenvalue weighted by Crippen LogP contribution is 2.59. The van der Waals surface area contributed by atoms with E-state index in [4.69, 9.17) is 21.3 Å². The van der Waals surface area contributed by atoms with Gasteiger partial charge in [-0.1, -0.05) is 6.07 Å². The minimum Gasteiger partial charge on any atom is -0.370 e. The van der Waals surface area contributed by atoms with Crippen LogP contribution in [0.25, 0.3) is 10.1 Å². The van der Waals surface area contributed by atoms with E-state index in [1.807, 2.05) is 0 Å². The van der Waals surface area contributed by atoms with Gasteiger partial charge in [0.2, 0.25) is 23.6 Å². The second-order valence-corrected chi connectivity index (χ2v) is 14.1. The van der Waals surface area contributed by atoms with E-state index in [-0.39, 0.29) is 49.0 Å². The summed E-state index contributed by atoms with van der Waals surface area (Å²) >= 11 is 0.833. The number of primary amides is 2. The molecule has 47 heavy (non-hydrogen) atoms. The van der Waals surface area contributed by atoms with Crippen molar-refractivity contribution < 1.29 is 55.9 Å². The van der Waals surface area contributed by atoms with E-state index in [1.165, 1.54) is 15.9 Å². The number of nitrogens with one attached hydrogen (secondary N) is 2. The van der Waals surface area contributed by atoms with Crippen LogP contribution in [0.4, 0.5) is 17.6 Å². The third-order valence-electron chi connectivity index (χ3n) is 8.07. The summed E-state index contributed by atoms with van der Waals surface area (Å²) in [6.07, 6.45) is -2.47. The molecular weight excluding hydrogens is 675 g/mol. The molecule has 0 saturated carbocycles. The molecular formula is C27H33F4N6O8PS. The number of nitrogens with zero attached hydrogens (tertiary/aromatic N) is 2. The molecule has 3 heterocycles. The first-order chi connectivity index (χ1) is 21.9. The monoisotopic (exact) mass is 708 g/mol. The van der Waals surface area contributed by atoms with Crippen LogP contribution in [0.1, 0.15) is 47.3 Å². The second kappa shape index (κ2) is 14.2. The largest absolute Gasteiger partial charge is 0.399 e. The Bertz CT molecular complexity index is 1610. The van der Waals surface area contributed by atoms with Gasteiger partial charge in [0, 0.05) is 35.8 Å². The Morgan fingerprint density at radius 3 is 2.43 bits per heavy atom. The standard InChI is InChI=1S/C27H33F4N6O8PS/c28-21(29)12-36-8-7-15-2-4-18(24(40)34-16(23(33)39)3-6-22(32)38)37(15)26(42)17(11-36)35-25(41)20-10-13-9-14(1-5-19(13)47-20)27(30,31)46(43,44)45/h1,5,9-10,15-18,21H,2-4,6-8,11-12H2,(H2,32,38)(H2,33,39)(H,34,40)(H,35,41)(H2,43,44,45)/t15-,16+,17+,18+/m1/s1. The van der Waals surface area contributed by atoms with Crippen molar-refractivity contribution in [2.45, 2.75) is 68.4 Å². The summed E-state index contributed by atoms with van der Waals surface area (Å²) in [5.41, 5.74) is 5.04. The highest BCUT2D eigenvalue weighted by atomic mass is 32.1. The fourth-order valence-corrected chi connectivity index (χ4v) is 7.17. The van der Waals surface area contributed by atoms with E-state index in [2.05, 4.69) is 10.6 Å². The van der Waals surface area contributed by atoms with Crippen molar-refractivity contribution in [3.05, 3.63) is 34.7 Å². The van der Waals surface area contributed by atoms with Crippen LogP contribution in [0, 0.1) is 0 Å². The highest BCUT2D eigenvalue weighted by molar-refractivity contribution is 7.52. The number of hydrogen-bond donors (Lipinski definition) is 6. The molecule has 0 aliphatic carbocycles. The molecule has 0 unspecified atom stereocenters. The van der Waals surface area contributed by atoms with Crippen LogP contribution < -0.4 is 22.1 Å². The molecule has 20 heteroatoms. The molecule has 5 amide bonds.